The van der Waals surface area contributed by atoms with Crippen LogP contribution in [0.15, 0.2) is 12.1 Å². The first-order valence-electron chi connectivity index (χ1n) is 6.81. The van der Waals surface area contributed by atoms with E-state index in [-0.39, 0.29) is 12.5 Å². The highest BCUT2D eigenvalue weighted by molar-refractivity contribution is 5.77. The van der Waals surface area contributed by atoms with Gasteiger partial charge in [0.15, 0.2) is 18.1 Å². The summed E-state index contributed by atoms with van der Waals surface area (Å²) in [6.07, 6.45) is 0. The molecule has 0 spiro atoms. The Hall–Kier alpha value is -2.11. The molecule has 0 aromatic heterocycles. The summed E-state index contributed by atoms with van der Waals surface area (Å²) in [7, 11) is 4.59. The number of nitrogens with zero attached hydrogens (tertiary/aromatic N) is 1. The zero-order chi connectivity index (χ0) is 15.8. The van der Waals surface area contributed by atoms with Crippen molar-refractivity contribution >= 4 is 5.91 Å². The Morgan fingerprint density at radius 1 is 1.00 bits per heavy atom. The first kappa shape index (κ1) is 16.9. The average molecular weight is 297 g/mol. The third kappa shape index (κ3) is 4.18. The van der Waals surface area contributed by atoms with Crippen LogP contribution in [-0.2, 0) is 4.79 Å². The van der Waals surface area contributed by atoms with Crippen LogP contribution in [0.2, 0.25) is 0 Å². The van der Waals surface area contributed by atoms with Crippen LogP contribution in [0.25, 0.3) is 0 Å². The molecule has 1 aromatic carbocycles. The van der Waals surface area contributed by atoms with Crippen molar-refractivity contribution in [3.8, 4) is 23.0 Å². The van der Waals surface area contributed by atoms with E-state index in [1.165, 1.54) is 21.3 Å². The van der Waals surface area contributed by atoms with Gasteiger partial charge in [0.25, 0.3) is 5.91 Å². The van der Waals surface area contributed by atoms with Gasteiger partial charge < -0.3 is 23.8 Å². The van der Waals surface area contributed by atoms with Crippen molar-refractivity contribution in [2.45, 2.75) is 13.8 Å². The van der Waals surface area contributed by atoms with Gasteiger partial charge in [-0.25, -0.2) is 0 Å². The van der Waals surface area contributed by atoms with Gasteiger partial charge in [-0.1, -0.05) is 0 Å². The van der Waals surface area contributed by atoms with Crippen molar-refractivity contribution in [2.24, 2.45) is 0 Å². The molecule has 1 aromatic rings. The molecule has 6 heteroatoms. The molecule has 0 heterocycles. The number of amides is 1. The van der Waals surface area contributed by atoms with Gasteiger partial charge in [0.1, 0.15) is 5.75 Å². The Bertz CT molecular complexity index is 446. The number of carbonyl (C=O) groups is 1. The summed E-state index contributed by atoms with van der Waals surface area (Å²) in [6, 6.07) is 3.33. The van der Waals surface area contributed by atoms with Crippen LogP contribution in [0.3, 0.4) is 0 Å². The molecular formula is C15H23NO5. The molecule has 21 heavy (non-hydrogen) atoms. The maximum absolute atomic E-state index is 11.9. The zero-order valence-electron chi connectivity index (χ0n) is 13.3. The Morgan fingerprint density at radius 2 is 1.52 bits per heavy atom. The van der Waals surface area contributed by atoms with Crippen LogP contribution < -0.4 is 18.9 Å². The second-order valence-electron chi connectivity index (χ2n) is 4.22. The second kappa shape index (κ2) is 8.24. The van der Waals surface area contributed by atoms with Crippen molar-refractivity contribution in [3.63, 3.8) is 0 Å². The normalized spacial score (nSPS) is 9.95. The minimum Gasteiger partial charge on any atom is -0.493 e. The van der Waals surface area contributed by atoms with Crippen molar-refractivity contribution < 1.29 is 23.7 Å². The van der Waals surface area contributed by atoms with E-state index in [0.29, 0.717) is 36.1 Å². The van der Waals surface area contributed by atoms with E-state index < -0.39 is 0 Å². The maximum Gasteiger partial charge on any atom is 0.260 e. The fraction of sp³-hybridized carbons (Fsp3) is 0.533. The topological polar surface area (TPSA) is 57.2 Å². The molecule has 0 saturated heterocycles. The highest BCUT2D eigenvalue weighted by atomic mass is 16.5. The first-order chi connectivity index (χ1) is 10.1. The lowest BCUT2D eigenvalue weighted by molar-refractivity contribution is -0.132. The van der Waals surface area contributed by atoms with Gasteiger partial charge in [-0.2, -0.15) is 0 Å². The van der Waals surface area contributed by atoms with Crippen LogP contribution >= 0.6 is 0 Å². The fourth-order valence-corrected chi connectivity index (χ4v) is 1.95. The van der Waals surface area contributed by atoms with Gasteiger partial charge in [0.05, 0.1) is 21.3 Å². The van der Waals surface area contributed by atoms with Gasteiger partial charge in [0.2, 0.25) is 5.75 Å². The molecule has 0 aliphatic carbocycles. The van der Waals surface area contributed by atoms with Gasteiger partial charge in [-0.05, 0) is 13.8 Å². The Morgan fingerprint density at radius 3 is 1.90 bits per heavy atom. The average Bonchev–Trinajstić information content (AvgIpc) is 2.52. The van der Waals surface area contributed by atoms with Gasteiger partial charge in [0, 0.05) is 25.2 Å². The van der Waals surface area contributed by atoms with E-state index in [1.54, 1.807) is 17.0 Å². The molecule has 0 radical (unpaired) electrons. The highest BCUT2D eigenvalue weighted by Gasteiger charge is 2.15. The lowest BCUT2D eigenvalue weighted by Gasteiger charge is -2.19. The van der Waals surface area contributed by atoms with Crippen LogP contribution in [0.5, 0.6) is 23.0 Å². The Balaban J connectivity index is 2.87. The van der Waals surface area contributed by atoms with E-state index >= 15 is 0 Å². The van der Waals surface area contributed by atoms with Gasteiger partial charge >= 0.3 is 0 Å². The van der Waals surface area contributed by atoms with Crippen LogP contribution in [0, 0.1) is 0 Å². The second-order valence-corrected chi connectivity index (χ2v) is 4.22. The SMILES string of the molecule is CCN(CC)C(=O)COc1cc(OC)c(OC)c(OC)c1. The predicted molar refractivity (Wildman–Crippen MR) is 79.5 cm³/mol. The summed E-state index contributed by atoms with van der Waals surface area (Å²) in [5.74, 6) is 1.89. The number of benzene rings is 1. The molecule has 0 fully saturated rings. The fourth-order valence-electron chi connectivity index (χ4n) is 1.95. The quantitative estimate of drug-likeness (QED) is 0.734. The lowest BCUT2D eigenvalue weighted by atomic mass is 10.2. The smallest absolute Gasteiger partial charge is 0.260 e. The number of ether oxygens (including phenoxy) is 4. The highest BCUT2D eigenvalue weighted by Crippen LogP contribution is 2.40. The summed E-state index contributed by atoms with van der Waals surface area (Å²) in [6.45, 7) is 5.16. The summed E-state index contributed by atoms with van der Waals surface area (Å²) in [5.41, 5.74) is 0. The summed E-state index contributed by atoms with van der Waals surface area (Å²) < 4.78 is 21.2. The van der Waals surface area contributed by atoms with Crippen LogP contribution in [0.4, 0.5) is 0 Å². The van der Waals surface area contributed by atoms with Crippen LogP contribution in [-0.4, -0.2) is 51.8 Å². The third-order valence-electron chi connectivity index (χ3n) is 3.12. The molecule has 118 valence electrons. The molecule has 0 unspecified atom stereocenters. The molecule has 1 rings (SSSR count). The van der Waals surface area contributed by atoms with Crippen molar-refractivity contribution in [1.29, 1.82) is 0 Å². The molecular weight excluding hydrogens is 274 g/mol. The maximum atomic E-state index is 11.9. The van der Waals surface area contributed by atoms with E-state index in [4.69, 9.17) is 18.9 Å². The van der Waals surface area contributed by atoms with E-state index in [1.807, 2.05) is 13.8 Å². The number of carbonyl (C=O) groups excluding carboxylic acids is 1. The van der Waals surface area contributed by atoms with E-state index in [2.05, 4.69) is 0 Å². The predicted octanol–water partition coefficient (Wildman–Crippen LogP) is 1.96. The molecule has 0 N–H and O–H groups in total. The first-order valence-corrected chi connectivity index (χ1v) is 6.81. The van der Waals surface area contributed by atoms with Crippen molar-refractivity contribution in [3.05, 3.63) is 12.1 Å². The minimum atomic E-state index is -0.0613. The largest absolute Gasteiger partial charge is 0.493 e. The Kier molecular flexibility index (Phi) is 6.65. The number of rotatable bonds is 8. The standard InChI is InChI=1S/C15H23NO5/c1-6-16(7-2)14(17)10-21-11-8-12(18-3)15(20-5)13(9-11)19-4/h8-9H,6-7,10H2,1-5H3. The number of methoxy groups -OCH3 is 3. The lowest BCUT2D eigenvalue weighted by Crippen LogP contribution is -2.34. The zero-order valence-corrected chi connectivity index (χ0v) is 13.3. The number of hydrogen-bond acceptors (Lipinski definition) is 5. The molecule has 6 nitrogen and oxygen atoms in total. The molecule has 0 aliphatic heterocycles. The van der Waals surface area contributed by atoms with Crippen molar-refractivity contribution in [2.75, 3.05) is 41.0 Å². The van der Waals surface area contributed by atoms with Crippen LogP contribution in [0.1, 0.15) is 13.8 Å². The molecule has 0 saturated carbocycles. The molecule has 1 amide bonds. The van der Waals surface area contributed by atoms with Gasteiger partial charge in [-0.3, -0.25) is 4.79 Å². The van der Waals surface area contributed by atoms with E-state index in [0.717, 1.165) is 0 Å². The number of hydrogen-bond donors (Lipinski definition) is 0. The number of likely N-dealkylation sites (N-methyl/N-ethyl adjacent to an activating group) is 1. The summed E-state index contributed by atoms with van der Waals surface area (Å²) >= 11 is 0. The minimum absolute atomic E-state index is 0.0275. The van der Waals surface area contributed by atoms with Crippen molar-refractivity contribution in [1.82, 2.24) is 4.90 Å². The monoisotopic (exact) mass is 297 g/mol. The summed E-state index contributed by atoms with van der Waals surface area (Å²) in [4.78, 5) is 13.6. The molecule has 0 atom stereocenters. The third-order valence-corrected chi connectivity index (χ3v) is 3.12. The van der Waals surface area contributed by atoms with Gasteiger partial charge in [-0.15, -0.1) is 0 Å². The summed E-state index contributed by atoms with van der Waals surface area (Å²) in [5, 5.41) is 0. The molecule has 0 aliphatic rings. The molecule has 0 bridgehead atoms. The Labute approximate surface area is 125 Å². The van der Waals surface area contributed by atoms with E-state index in [9.17, 15) is 4.79 Å².